The zero-order chi connectivity index (χ0) is 12.8. The van der Waals surface area contributed by atoms with Crippen molar-refractivity contribution in [1.29, 1.82) is 0 Å². The second-order valence-electron chi connectivity index (χ2n) is 3.97. The highest BCUT2D eigenvalue weighted by molar-refractivity contribution is 7.99. The van der Waals surface area contributed by atoms with Crippen LogP contribution in [0.2, 0.25) is 0 Å². The van der Waals surface area contributed by atoms with Gasteiger partial charge >= 0.3 is 0 Å². The summed E-state index contributed by atoms with van der Waals surface area (Å²) in [4.78, 5) is 0. The molecule has 0 bridgehead atoms. The number of hydrogen-bond acceptors (Lipinski definition) is 4. The van der Waals surface area contributed by atoms with E-state index in [1.807, 2.05) is 10.6 Å². The quantitative estimate of drug-likeness (QED) is 0.751. The Kier molecular flexibility index (Phi) is 4.78. The third kappa shape index (κ3) is 3.34. The number of hydrogen-bond donors (Lipinski definition) is 0. The molecule has 1 atom stereocenters. The number of nitrogens with zero attached hydrogens (tertiary/aromatic N) is 3. The standard InChI is InChI=1S/C13H17N3OS/c1-11(12-6-4-3-5-7-12)18-13-15-14-10-16(13)8-9-17-2/h3-7,10-11H,8-9H2,1-2H3. The van der Waals surface area contributed by atoms with Gasteiger partial charge in [0.2, 0.25) is 0 Å². The van der Waals surface area contributed by atoms with Gasteiger partial charge in [-0.2, -0.15) is 0 Å². The largest absolute Gasteiger partial charge is 0.383 e. The molecule has 0 spiro atoms. The summed E-state index contributed by atoms with van der Waals surface area (Å²) in [6.45, 7) is 3.63. The lowest BCUT2D eigenvalue weighted by atomic mass is 10.2. The van der Waals surface area contributed by atoms with Crippen molar-refractivity contribution in [3.8, 4) is 0 Å². The van der Waals surface area contributed by atoms with Crippen molar-refractivity contribution < 1.29 is 4.74 Å². The summed E-state index contributed by atoms with van der Waals surface area (Å²) in [5.41, 5.74) is 1.30. The van der Waals surface area contributed by atoms with E-state index in [1.165, 1.54) is 5.56 Å². The molecular weight excluding hydrogens is 246 g/mol. The number of ether oxygens (including phenoxy) is 1. The Bertz CT molecular complexity index is 472. The van der Waals surface area contributed by atoms with Gasteiger partial charge in [-0.25, -0.2) is 0 Å². The van der Waals surface area contributed by atoms with Crippen LogP contribution in [0.3, 0.4) is 0 Å². The molecule has 1 heterocycles. The molecule has 96 valence electrons. The van der Waals surface area contributed by atoms with Crippen LogP contribution in [-0.4, -0.2) is 28.5 Å². The van der Waals surface area contributed by atoms with Crippen LogP contribution in [0.4, 0.5) is 0 Å². The molecule has 0 radical (unpaired) electrons. The fraction of sp³-hybridized carbons (Fsp3) is 0.385. The van der Waals surface area contributed by atoms with Gasteiger partial charge in [0.15, 0.2) is 5.16 Å². The number of aromatic nitrogens is 3. The Balaban J connectivity index is 2.03. The van der Waals surface area contributed by atoms with Crippen LogP contribution in [-0.2, 0) is 11.3 Å². The van der Waals surface area contributed by atoms with E-state index in [9.17, 15) is 0 Å². The number of benzene rings is 1. The predicted molar refractivity (Wildman–Crippen MR) is 72.6 cm³/mol. The Hall–Kier alpha value is -1.33. The van der Waals surface area contributed by atoms with Gasteiger partial charge in [-0.15, -0.1) is 10.2 Å². The monoisotopic (exact) mass is 263 g/mol. The molecule has 0 fully saturated rings. The number of rotatable bonds is 6. The lowest BCUT2D eigenvalue weighted by molar-refractivity contribution is 0.184. The molecular formula is C13H17N3OS. The van der Waals surface area contributed by atoms with Gasteiger partial charge < -0.3 is 9.30 Å². The molecule has 0 saturated carbocycles. The van der Waals surface area contributed by atoms with Crippen LogP contribution in [0.5, 0.6) is 0 Å². The molecule has 2 aromatic rings. The van der Waals surface area contributed by atoms with Crippen molar-refractivity contribution in [2.45, 2.75) is 23.9 Å². The molecule has 0 saturated heterocycles. The highest BCUT2D eigenvalue weighted by atomic mass is 32.2. The topological polar surface area (TPSA) is 39.9 Å². The molecule has 0 N–H and O–H groups in total. The average molecular weight is 263 g/mol. The van der Waals surface area contributed by atoms with Gasteiger partial charge in [0.1, 0.15) is 6.33 Å². The first-order chi connectivity index (χ1) is 8.81. The second-order valence-corrected chi connectivity index (χ2v) is 5.28. The number of methoxy groups -OCH3 is 1. The van der Waals surface area contributed by atoms with Gasteiger partial charge in [0.25, 0.3) is 0 Å². The van der Waals surface area contributed by atoms with Crippen molar-refractivity contribution in [3.63, 3.8) is 0 Å². The third-order valence-electron chi connectivity index (χ3n) is 2.67. The smallest absolute Gasteiger partial charge is 0.191 e. The van der Waals surface area contributed by atoms with E-state index in [4.69, 9.17) is 4.74 Å². The summed E-state index contributed by atoms with van der Waals surface area (Å²) in [6.07, 6.45) is 1.75. The minimum Gasteiger partial charge on any atom is -0.383 e. The van der Waals surface area contributed by atoms with Gasteiger partial charge in [0.05, 0.1) is 6.61 Å². The summed E-state index contributed by atoms with van der Waals surface area (Å²) < 4.78 is 7.10. The van der Waals surface area contributed by atoms with Gasteiger partial charge in [-0.05, 0) is 12.5 Å². The summed E-state index contributed by atoms with van der Waals surface area (Å²) in [5.74, 6) is 0. The van der Waals surface area contributed by atoms with Crippen LogP contribution in [0.25, 0.3) is 0 Å². The molecule has 1 aromatic heterocycles. The van der Waals surface area contributed by atoms with Crippen LogP contribution in [0.1, 0.15) is 17.7 Å². The van der Waals surface area contributed by atoms with Gasteiger partial charge in [0, 0.05) is 18.9 Å². The molecule has 0 amide bonds. The first-order valence-corrected chi connectivity index (χ1v) is 6.77. The minimum atomic E-state index is 0.358. The van der Waals surface area contributed by atoms with Crippen LogP contribution in [0.15, 0.2) is 41.8 Å². The van der Waals surface area contributed by atoms with E-state index < -0.39 is 0 Å². The van der Waals surface area contributed by atoms with Crippen LogP contribution in [0, 0.1) is 0 Å². The molecule has 4 nitrogen and oxygen atoms in total. The lowest BCUT2D eigenvalue weighted by Gasteiger charge is -2.11. The van der Waals surface area contributed by atoms with Gasteiger partial charge in [-0.3, -0.25) is 0 Å². The molecule has 0 aliphatic rings. The SMILES string of the molecule is COCCn1cnnc1SC(C)c1ccccc1. The van der Waals surface area contributed by atoms with Crippen molar-refractivity contribution >= 4 is 11.8 Å². The normalized spacial score (nSPS) is 12.6. The minimum absolute atomic E-state index is 0.358. The first-order valence-electron chi connectivity index (χ1n) is 5.89. The lowest BCUT2D eigenvalue weighted by Crippen LogP contribution is -2.05. The highest BCUT2D eigenvalue weighted by Gasteiger charge is 2.11. The first kappa shape index (κ1) is 13.1. The maximum Gasteiger partial charge on any atom is 0.191 e. The van der Waals surface area contributed by atoms with Crippen molar-refractivity contribution in [2.24, 2.45) is 0 Å². The molecule has 1 aromatic carbocycles. The summed E-state index contributed by atoms with van der Waals surface area (Å²) >= 11 is 1.71. The van der Waals surface area contributed by atoms with Crippen molar-refractivity contribution in [3.05, 3.63) is 42.2 Å². The van der Waals surface area contributed by atoms with E-state index in [0.717, 1.165) is 11.7 Å². The van der Waals surface area contributed by atoms with E-state index in [-0.39, 0.29) is 0 Å². The highest BCUT2D eigenvalue weighted by Crippen LogP contribution is 2.33. The maximum atomic E-state index is 5.07. The van der Waals surface area contributed by atoms with E-state index >= 15 is 0 Å². The molecule has 0 aliphatic carbocycles. The van der Waals surface area contributed by atoms with Crippen LogP contribution < -0.4 is 0 Å². The molecule has 2 rings (SSSR count). The van der Waals surface area contributed by atoms with E-state index in [1.54, 1.807) is 25.2 Å². The van der Waals surface area contributed by atoms with Crippen molar-refractivity contribution in [2.75, 3.05) is 13.7 Å². The fourth-order valence-corrected chi connectivity index (χ4v) is 2.61. The summed E-state index contributed by atoms with van der Waals surface area (Å²) in [6, 6.07) is 10.4. The van der Waals surface area contributed by atoms with E-state index in [0.29, 0.717) is 11.9 Å². The Morgan fingerprint density at radius 3 is 2.83 bits per heavy atom. The van der Waals surface area contributed by atoms with Crippen LogP contribution >= 0.6 is 11.8 Å². The van der Waals surface area contributed by atoms with Crippen molar-refractivity contribution in [1.82, 2.24) is 14.8 Å². The summed E-state index contributed by atoms with van der Waals surface area (Å²) in [5, 5.41) is 9.41. The summed E-state index contributed by atoms with van der Waals surface area (Å²) in [7, 11) is 1.70. The molecule has 0 aliphatic heterocycles. The number of thioether (sulfide) groups is 1. The predicted octanol–water partition coefficient (Wildman–Crippen LogP) is 2.78. The zero-order valence-electron chi connectivity index (χ0n) is 10.6. The molecule has 18 heavy (non-hydrogen) atoms. The second kappa shape index (κ2) is 6.56. The molecule has 1 unspecified atom stereocenters. The molecule has 5 heteroatoms. The van der Waals surface area contributed by atoms with E-state index in [2.05, 4.69) is 41.4 Å². The zero-order valence-corrected chi connectivity index (χ0v) is 11.4. The third-order valence-corrected chi connectivity index (χ3v) is 3.82. The van der Waals surface area contributed by atoms with Gasteiger partial charge in [-0.1, -0.05) is 42.1 Å². The Morgan fingerprint density at radius 2 is 2.11 bits per heavy atom. The maximum absolute atomic E-state index is 5.07. The Morgan fingerprint density at radius 1 is 1.33 bits per heavy atom. The Labute approximate surface area is 111 Å². The average Bonchev–Trinajstić information content (AvgIpc) is 2.84. The fourth-order valence-electron chi connectivity index (χ4n) is 1.63.